The highest BCUT2D eigenvalue weighted by molar-refractivity contribution is 5.93. The summed E-state index contributed by atoms with van der Waals surface area (Å²) in [7, 11) is 1.16. The molecule has 0 saturated heterocycles. The predicted molar refractivity (Wildman–Crippen MR) is 78.9 cm³/mol. The van der Waals surface area contributed by atoms with E-state index in [0.717, 1.165) is 7.11 Å². The van der Waals surface area contributed by atoms with E-state index < -0.39 is 17.5 Å². The fourth-order valence-electron chi connectivity index (χ4n) is 1.96. The maximum Gasteiger partial charge on any atom is 0.344 e. The lowest BCUT2D eigenvalue weighted by Crippen LogP contribution is -2.33. The smallest absolute Gasteiger partial charge is 0.344 e. The molecule has 1 aromatic carbocycles. The fraction of sp³-hybridized carbons (Fsp3) is 0.333. The Bertz CT molecular complexity index is 723. The molecule has 1 atom stereocenters. The van der Waals surface area contributed by atoms with Crippen molar-refractivity contribution in [1.82, 2.24) is 15.0 Å². The first-order valence-corrected chi connectivity index (χ1v) is 6.92. The second kappa shape index (κ2) is 6.57. The van der Waals surface area contributed by atoms with E-state index in [1.807, 2.05) is 0 Å². The average molecular weight is 319 g/mol. The summed E-state index contributed by atoms with van der Waals surface area (Å²) in [5, 5.41) is 17.8. The number of hydrogen-bond acceptors (Lipinski definition) is 7. The van der Waals surface area contributed by atoms with Crippen molar-refractivity contribution in [3.05, 3.63) is 41.7 Å². The van der Waals surface area contributed by atoms with E-state index in [9.17, 15) is 14.7 Å². The van der Waals surface area contributed by atoms with E-state index in [0.29, 0.717) is 11.3 Å². The van der Waals surface area contributed by atoms with Gasteiger partial charge < -0.3 is 14.6 Å². The van der Waals surface area contributed by atoms with Crippen molar-refractivity contribution >= 4 is 11.9 Å². The van der Waals surface area contributed by atoms with Crippen LogP contribution in [0, 0.1) is 0 Å². The van der Waals surface area contributed by atoms with Gasteiger partial charge >= 0.3 is 11.9 Å². The normalized spacial score (nSPS) is 13.2. The number of methoxy groups -OCH3 is 1. The molecule has 1 unspecified atom stereocenters. The molecule has 0 saturated carbocycles. The number of ether oxygens (including phenoxy) is 2. The summed E-state index contributed by atoms with van der Waals surface area (Å²) in [6, 6.07) is 6.65. The van der Waals surface area contributed by atoms with Crippen LogP contribution in [-0.4, -0.2) is 45.8 Å². The first-order chi connectivity index (χ1) is 10.9. The summed E-state index contributed by atoms with van der Waals surface area (Å²) in [5.41, 5.74) is -1.22. The number of carbonyl (C=O) groups excluding carboxylic acids is 2. The molecule has 23 heavy (non-hydrogen) atoms. The monoisotopic (exact) mass is 319 g/mol. The first kappa shape index (κ1) is 16.6. The third kappa shape index (κ3) is 3.21. The van der Waals surface area contributed by atoms with E-state index in [1.165, 1.54) is 17.8 Å². The van der Waals surface area contributed by atoms with Crippen molar-refractivity contribution in [3.63, 3.8) is 0 Å². The molecule has 8 nitrogen and oxygen atoms in total. The summed E-state index contributed by atoms with van der Waals surface area (Å²) in [6.07, 6.45) is 1.36. The third-order valence-corrected chi connectivity index (χ3v) is 3.22. The minimum Gasteiger partial charge on any atom is -0.467 e. The number of hydrogen-bond donors (Lipinski definition) is 1. The van der Waals surface area contributed by atoms with E-state index in [1.54, 1.807) is 31.2 Å². The predicted octanol–water partition coefficient (Wildman–Crippen LogP) is 0.824. The molecule has 0 spiro atoms. The average Bonchev–Trinajstić information content (AvgIpc) is 3.04. The van der Waals surface area contributed by atoms with Crippen molar-refractivity contribution in [1.29, 1.82) is 0 Å². The first-order valence-electron chi connectivity index (χ1n) is 6.92. The molecule has 2 aromatic rings. The standard InChI is InChI=1S/C15H17N3O5/c1-4-23-13(19)10-7-5-6-8-11(10)18-9-12(16-17-18)15(2,21)14(20)22-3/h5-9,21H,4H2,1-3H3. The lowest BCUT2D eigenvalue weighted by molar-refractivity contribution is -0.161. The molecule has 0 aliphatic rings. The number of benzene rings is 1. The van der Waals surface area contributed by atoms with Crippen LogP contribution in [0.5, 0.6) is 0 Å². The largest absolute Gasteiger partial charge is 0.467 e. The van der Waals surface area contributed by atoms with E-state index in [-0.39, 0.29) is 12.3 Å². The molecule has 0 amide bonds. The Hall–Kier alpha value is -2.74. The van der Waals surface area contributed by atoms with Gasteiger partial charge in [-0.2, -0.15) is 0 Å². The lowest BCUT2D eigenvalue weighted by atomic mass is 10.0. The Labute approximate surface area is 132 Å². The Balaban J connectivity index is 2.42. The lowest BCUT2D eigenvalue weighted by Gasteiger charge is -2.16. The summed E-state index contributed by atoms with van der Waals surface area (Å²) in [5.74, 6) is -1.36. The second-order valence-corrected chi connectivity index (χ2v) is 4.85. The Morgan fingerprint density at radius 3 is 2.70 bits per heavy atom. The van der Waals surface area contributed by atoms with Crippen molar-refractivity contribution in [2.45, 2.75) is 19.4 Å². The Morgan fingerprint density at radius 2 is 2.04 bits per heavy atom. The summed E-state index contributed by atoms with van der Waals surface area (Å²) < 4.78 is 10.8. The zero-order valence-electron chi connectivity index (χ0n) is 13.0. The molecule has 1 N–H and O–H groups in total. The van der Waals surface area contributed by atoms with Crippen LogP contribution in [0.25, 0.3) is 5.69 Å². The molecule has 0 radical (unpaired) electrons. The van der Waals surface area contributed by atoms with Crippen LogP contribution in [0.4, 0.5) is 0 Å². The SMILES string of the molecule is CCOC(=O)c1ccccc1-n1cc(C(C)(O)C(=O)OC)nn1. The Morgan fingerprint density at radius 1 is 1.35 bits per heavy atom. The topological polar surface area (TPSA) is 104 Å². The van der Waals surface area contributed by atoms with Gasteiger partial charge in [0.15, 0.2) is 0 Å². The van der Waals surface area contributed by atoms with Gasteiger partial charge in [0.25, 0.3) is 0 Å². The van der Waals surface area contributed by atoms with Crippen molar-refractivity contribution in [3.8, 4) is 5.69 Å². The molecule has 0 fully saturated rings. The minimum absolute atomic E-state index is 0.00279. The zero-order chi connectivity index (χ0) is 17.0. The van der Waals surface area contributed by atoms with Gasteiger partial charge in [-0.05, 0) is 26.0 Å². The Kier molecular flexibility index (Phi) is 4.75. The number of aromatic nitrogens is 3. The summed E-state index contributed by atoms with van der Waals surface area (Å²) in [6.45, 7) is 3.21. The molecular formula is C15H17N3O5. The van der Waals surface area contributed by atoms with Crippen molar-refractivity contribution in [2.75, 3.05) is 13.7 Å². The molecule has 122 valence electrons. The summed E-state index contributed by atoms with van der Waals surface area (Å²) >= 11 is 0. The maximum absolute atomic E-state index is 12.0. The molecule has 0 bridgehead atoms. The minimum atomic E-state index is -1.94. The number of carbonyl (C=O) groups is 2. The van der Waals surface area contributed by atoms with Crippen LogP contribution < -0.4 is 0 Å². The van der Waals surface area contributed by atoms with Gasteiger partial charge in [0.1, 0.15) is 5.69 Å². The quantitative estimate of drug-likeness (QED) is 0.814. The highest BCUT2D eigenvalue weighted by Gasteiger charge is 2.37. The molecular weight excluding hydrogens is 302 g/mol. The van der Waals surface area contributed by atoms with Crippen LogP contribution in [0.15, 0.2) is 30.5 Å². The second-order valence-electron chi connectivity index (χ2n) is 4.85. The van der Waals surface area contributed by atoms with Crippen LogP contribution in [0.1, 0.15) is 29.9 Å². The third-order valence-electron chi connectivity index (χ3n) is 3.22. The van der Waals surface area contributed by atoms with Gasteiger partial charge in [-0.15, -0.1) is 5.10 Å². The van der Waals surface area contributed by atoms with Gasteiger partial charge in [0.05, 0.1) is 31.2 Å². The molecule has 2 rings (SSSR count). The highest BCUT2D eigenvalue weighted by Crippen LogP contribution is 2.22. The van der Waals surface area contributed by atoms with E-state index in [2.05, 4.69) is 15.0 Å². The molecule has 1 aromatic heterocycles. The number of esters is 2. The highest BCUT2D eigenvalue weighted by atomic mass is 16.5. The summed E-state index contributed by atoms with van der Waals surface area (Å²) in [4.78, 5) is 23.6. The molecule has 8 heteroatoms. The number of rotatable bonds is 5. The van der Waals surface area contributed by atoms with Crippen molar-refractivity contribution in [2.24, 2.45) is 0 Å². The van der Waals surface area contributed by atoms with Crippen LogP contribution in [0.2, 0.25) is 0 Å². The maximum atomic E-state index is 12.0. The van der Waals surface area contributed by atoms with Crippen LogP contribution >= 0.6 is 0 Å². The van der Waals surface area contributed by atoms with Crippen LogP contribution in [0.3, 0.4) is 0 Å². The number of aliphatic hydroxyl groups is 1. The van der Waals surface area contributed by atoms with Gasteiger partial charge in [0, 0.05) is 0 Å². The molecule has 1 heterocycles. The van der Waals surface area contributed by atoms with E-state index in [4.69, 9.17) is 4.74 Å². The van der Waals surface area contributed by atoms with Gasteiger partial charge in [0.2, 0.25) is 5.60 Å². The van der Waals surface area contributed by atoms with E-state index >= 15 is 0 Å². The molecule has 0 aliphatic carbocycles. The zero-order valence-corrected chi connectivity index (χ0v) is 13.0. The van der Waals surface area contributed by atoms with Crippen LogP contribution in [-0.2, 0) is 19.9 Å². The van der Waals surface area contributed by atoms with Gasteiger partial charge in [-0.1, -0.05) is 17.3 Å². The fourth-order valence-corrected chi connectivity index (χ4v) is 1.96. The van der Waals surface area contributed by atoms with Gasteiger partial charge in [-0.3, -0.25) is 0 Å². The number of nitrogens with zero attached hydrogens (tertiary/aromatic N) is 3. The van der Waals surface area contributed by atoms with Crippen molar-refractivity contribution < 1.29 is 24.2 Å². The van der Waals surface area contributed by atoms with Gasteiger partial charge in [-0.25, -0.2) is 14.3 Å². The molecule has 0 aliphatic heterocycles. The number of para-hydroxylation sites is 1.